The molecule has 2 N–H and O–H groups in total. The molecule has 1 aromatic rings. The van der Waals surface area contributed by atoms with Crippen LogP contribution in [0.4, 0.5) is 13.9 Å². The fourth-order valence-electron chi connectivity index (χ4n) is 1.54. The largest absolute Gasteiger partial charge is 0.300 e. The molecule has 17 heavy (non-hydrogen) atoms. The van der Waals surface area contributed by atoms with Crippen LogP contribution in [0.3, 0.4) is 0 Å². The molecule has 1 aliphatic rings. The van der Waals surface area contributed by atoms with E-state index in [4.69, 9.17) is 0 Å². The number of rotatable bonds is 3. The summed E-state index contributed by atoms with van der Waals surface area (Å²) in [5, 5.41) is 13.7. The first-order chi connectivity index (χ1) is 8.00. The molecular formula is C9H12F2N4OS. The second kappa shape index (κ2) is 4.61. The summed E-state index contributed by atoms with van der Waals surface area (Å²) in [7, 11) is 0. The average Bonchev–Trinajstić information content (AvgIpc) is 2.84. The van der Waals surface area contributed by atoms with Crippen molar-refractivity contribution in [3.8, 4) is 0 Å². The molecule has 1 aromatic heterocycles. The first-order valence-electron chi connectivity index (χ1n) is 5.24. The van der Waals surface area contributed by atoms with Crippen molar-refractivity contribution in [2.24, 2.45) is 0 Å². The predicted octanol–water partition coefficient (Wildman–Crippen LogP) is 1.04. The van der Waals surface area contributed by atoms with Crippen LogP contribution in [0.5, 0.6) is 0 Å². The van der Waals surface area contributed by atoms with Crippen LogP contribution < -0.4 is 10.6 Å². The van der Waals surface area contributed by atoms with Crippen LogP contribution in [-0.4, -0.2) is 34.6 Å². The molecule has 0 spiro atoms. The molecule has 1 fully saturated rings. The fourth-order valence-corrected chi connectivity index (χ4v) is 2.22. The van der Waals surface area contributed by atoms with Gasteiger partial charge in [-0.15, -0.1) is 10.2 Å². The van der Waals surface area contributed by atoms with E-state index in [0.717, 1.165) is 11.4 Å². The van der Waals surface area contributed by atoms with Gasteiger partial charge in [0, 0.05) is 6.42 Å². The number of nitrogens with zero attached hydrogens (tertiary/aromatic N) is 2. The zero-order valence-corrected chi connectivity index (χ0v) is 9.98. The van der Waals surface area contributed by atoms with Crippen LogP contribution >= 0.6 is 11.3 Å². The quantitative estimate of drug-likeness (QED) is 0.854. The Morgan fingerprint density at radius 2 is 2.41 bits per heavy atom. The molecule has 1 saturated heterocycles. The van der Waals surface area contributed by atoms with Gasteiger partial charge in [-0.05, 0) is 6.42 Å². The highest BCUT2D eigenvalue weighted by Crippen LogP contribution is 2.26. The molecule has 0 aliphatic carbocycles. The van der Waals surface area contributed by atoms with Crippen molar-refractivity contribution in [3.05, 3.63) is 5.01 Å². The Kier molecular flexibility index (Phi) is 3.34. The van der Waals surface area contributed by atoms with Gasteiger partial charge in [0.25, 0.3) is 5.92 Å². The molecule has 1 atom stereocenters. The topological polar surface area (TPSA) is 66.9 Å². The molecule has 5 nitrogen and oxygen atoms in total. The maximum atomic E-state index is 12.9. The van der Waals surface area contributed by atoms with Gasteiger partial charge in [0.15, 0.2) is 0 Å². The highest BCUT2D eigenvalue weighted by atomic mass is 32.1. The van der Waals surface area contributed by atoms with Gasteiger partial charge in [0.2, 0.25) is 11.0 Å². The number of aromatic nitrogens is 2. The first kappa shape index (κ1) is 12.3. The molecule has 2 rings (SSSR count). The molecule has 8 heteroatoms. The van der Waals surface area contributed by atoms with E-state index in [1.54, 1.807) is 0 Å². The van der Waals surface area contributed by atoms with Crippen molar-refractivity contribution in [1.82, 2.24) is 15.5 Å². The lowest BCUT2D eigenvalue weighted by Crippen LogP contribution is -2.35. The molecule has 0 radical (unpaired) electrons. The molecule has 2 heterocycles. The third-order valence-electron chi connectivity index (χ3n) is 2.43. The molecule has 0 bridgehead atoms. The Hall–Kier alpha value is -1.15. The van der Waals surface area contributed by atoms with Crippen LogP contribution in [0.15, 0.2) is 0 Å². The normalized spacial score (nSPS) is 22.6. The average molecular weight is 262 g/mol. The van der Waals surface area contributed by atoms with Crippen LogP contribution in [-0.2, 0) is 11.2 Å². The van der Waals surface area contributed by atoms with Gasteiger partial charge in [0.1, 0.15) is 5.01 Å². The van der Waals surface area contributed by atoms with Crippen LogP contribution in [0.25, 0.3) is 0 Å². The maximum Gasteiger partial charge on any atom is 0.262 e. The first-order valence-corrected chi connectivity index (χ1v) is 6.06. The molecule has 0 aromatic carbocycles. The Bertz CT molecular complexity index is 423. The second-order valence-corrected chi connectivity index (χ2v) is 4.90. The molecule has 0 saturated carbocycles. The van der Waals surface area contributed by atoms with E-state index < -0.39 is 30.8 Å². The summed E-state index contributed by atoms with van der Waals surface area (Å²) < 4.78 is 25.8. The lowest BCUT2D eigenvalue weighted by atomic mass is 10.2. The van der Waals surface area contributed by atoms with Gasteiger partial charge in [-0.3, -0.25) is 15.4 Å². The van der Waals surface area contributed by atoms with E-state index in [2.05, 4.69) is 20.8 Å². The van der Waals surface area contributed by atoms with E-state index in [9.17, 15) is 13.6 Å². The lowest BCUT2D eigenvalue weighted by molar-refractivity contribution is -0.118. The number of halogens is 2. The summed E-state index contributed by atoms with van der Waals surface area (Å²) in [4.78, 5) is 11.6. The van der Waals surface area contributed by atoms with E-state index in [1.165, 1.54) is 11.3 Å². The summed E-state index contributed by atoms with van der Waals surface area (Å²) in [6.45, 7) is 1.46. The Morgan fingerprint density at radius 1 is 1.65 bits per heavy atom. The lowest BCUT2D eigenvalue weighted by Gasteiger charge is -2.08. The number of amides is 1. The predicted molar refractivity (Wildman–Crippen MR) is 59.3 cm³/mol. The monoisotopic (exact) mass is 262 g/mol. The number of anilines is 1. The number of carbonyl (C=O) groups is 1. The van der Waals surface area contributed by atoms with Gasteiger partial charge >= 0.3 is 0 Å². The van der Waals surface area contributed by atoms with Crippen molar-refractivity contribution in [2.75, 3.05) is 11.9 Å². The molecule has 94 valence electrons. The van der Waals surface area contributed by atoms with Crippen molar-refractivity contribution < 1.29 is 13.6 Å². The molecular weight excluding hydrogens is 250 g/mol. The SMILES string of the molecule is CCc1nnc(NC(=O)C2CC(F)(F)CN2)s1. The summed E-state index contributed by atoms with van der Waals surface area (Å²) in [6, 6.07) is -0.862. The van der Waals surface area contributed by atoms with Crippen LogP contribution in [0.1, 0.15) is 18.4 Å². The minimum atomic E-state index is -2.81. The van der Waals surface area contributed by atoms with Gasteiger partial charge in [-0.25, -0.2) is 8.78 Å². The zero-order chi connectivity index (χ0) is 12.5. The van der Waals surface area contributed by atoms with Gasteiger partial charge in [-0.1, -0.05) is 18.3 Å². The van der Waals surface area contributed by atoms with Gasteiger partial charge in [-0.2, -0.15) is 0 Å². The molecule has 1 amide bonds. The third kappa shape index (κ3) is 2.95. The number of hydrogen-bond acceptors (Lipinski definition) is 5. The van der Waals surface area contributed by atoms with Gasteiger partial charge in [0.05, 0.1) is 12.6 Å². The minimum absolute atomic E-state index is 0.351. The number of aryl methyl sites for hydroxylation is 1. The number of nitrogens with one attached hydrogen (secondary N) is 2. The van der Waals surface area contributed by atoms with E-state index in [1.807, 2.05) is 6.92 Å². The highest BCUT2D eigenvalue weighted by Gasteiger charge is 2.42. The Morgan fingerprint density at radius 3 is 2.94 bits per heavy atom. The fraction of sp³-hybridized carbons (Fsp3) is 0.667. The number of alkyl halides is 2. The van der Waals surface area contributed by atoms with Crippen molar-refractivity contribution in [3.63, 3.8) is 0 Å². The minimum Gasteiger partial charge on any atom is -0.300 e. The van der Waals surface area contributed by atoms with Crippen molar-refractivity contribution >= 4 is 22.4 Å². The van der Waals surface area contributed by atoms with Gasteiger partial charge < -0.3 is 0 Å². The summed E-state index contributed by atoms with van der Waals surface area (Å²) >= 11 is 1.25. The molecule has 1 unspecified atom stereocenters. The number of carbonyl (C=O) groups excluding carboxylic acids is 1. The Labute approximate surface area is 101 Å². The maximum absolute atomic E-state index is 12.9. The Balaban J connectivity index is 1.93. The zero-order valence-electron chi connectivity index (χ0n) is 9.17. The van der Waals surface area contributed by atoms with E-state index in [0.29, 0.717) is 5.13 Å². The summed E-state index contributed by atoms with van der Waals surface area (Å²) in [5.41, 5.74) is 0. The third-order valence-corrected chi connectivity index (χ3v) is 3.41. The van der Waals surface area contributed by atoms with Crippen LogP contribution in [0.2, 0.25) is 0 Å². The summed E-state index contributed by atoms with van der Waals surface area (Å²) in [6.07, 6.45) is 0.256. The smallest absolute Gasteiger partial charge is 0.262 e. The number of hydrogen-bond donors (Lipinski definition) is 2. The van der Waals surface area contributed by atoms with E-state index in [-0.39, 0.29) is 0 Å². The van der Waals surface area contributed by atoms with Crippen molar-refractivity contribution in [2.45, 2.75) is 31.7 Å². The van der Waals surface area contributed by atoms with E-state index >= 15 is 0 Å². The second-order valence-electron chi connectivity index (χ2n) is 3.84. The standard InChI is InChI=1S/C9H12F2N4OS/c1-2-6-14-15-8(17-6)13-7(16)5-3-9(10,11)4-12-5/h5,12H,2-4H2,1H3,(H,13,15,16). The summed E-state index contributed by atoms with van der Waals surface area (Å²) in [5.74, 6) is -3.29. The highest BCUT2D eigenvalue weighted by molar-refractivity contribution is 7.15. The van der Waals surface area contributed by atoms with Crippen LogP contribution in [0, 0.1) is 0 Å². The van der Waals surface area contributed by atoms with Crippen molar-refractivity contribution in [1.29, 1.82) is 0 Å². The molecule has 1 aliphatic heterocycles.